The molecule has 6 nitrogen and oxygen atoms in total. The maximum atomic E-state index is 11.5. The summed E-state index contributed by atoms with van der Waals surface area (Å²) in [7, 11) is 1.56. The molecule has 1 aromatic carbocycles. The summed E-state index contributed by atoms with van der Waals surface area (Å²) >= 11 is 1.85. The Kier molecular flexibility index (Phi) is 3.70. The van der Waals surface area contributed by atoms with Gasteiger partial charge in [-0.3, -0.25) is 9.78 Å². The average Bonchev–Trinajstić information content (AvgIpc) is 2.35. The summed E-state index contributed by atoms with van der Waals surface area (Å²) < 4.78 is 10.9. The monoisotopic (exact) mass is 359 g/mol. The van der Waals surface area contributed by atoms with Gasteiger partial charge in [0.05, 0.1) is 7.11 Å². The first-order valence-electron chi connectivity index (χ1n) is 4.97. The van der Waals surface area contributed by atoms with E-state index in [1.807, 2.05) is 22.6 Å². The van der Waals surface area contributed by atoms with Crippen LogP contribution in [0, 0.1) is 3.57 Å². The molecule has 94 valence electrons. The van der Waals surface area contributed by atoms with Crippen LogP contribution in [0.1, 0.15) is 0 Å². The molecule has 0 amide bonds. The molecule has 2 aromatic rings. The van der Waals surface area contributed by atoms with E-state index in [2.05, 4.69) is 9.97 Å². The number of nitrogens with two attached hydrogens (primary N) is 1. The Balaban J connectivity index is 2.36. The zero-order valence-corrected chi connectivity index (χ0v) is 11.6. The van der Waals surface area contributed by atoms with E-state index in [4.69, 9.17) is 15.2 Å². The number of nitrogens with one attached hydrogen (secondary N) is 1. The van der Waals surface area contributed by atoms with Crippen LogP contribution in [0.4, 0.5) is 5.95 Å². The number of halogens is 1. The first-order valence-corrected chi connectivity index (χ1v) is 6.05. The van der Waals surface area contributed by atoms with Gasteiger partial charge in [-0.2, -0.15) is 4.98 Å². The van der Waals surface area contributed by atoms with Crippen molar-refractivity contribution >= 4 is 28.5 Å². The molecule has 1 heterocycles. The average molecular weight is 359 g/mol. The minimum Gasteiger partial charge on any atom is -0.497 e. The van der Waals surface area contributed by atoms with E-state index in [0.29, 0.717) is 15.1 Å². The number of H-pyrrole nitrogens is 1. The number of hydrogen-bond acceptors (Lipinski definition) is 5. The summed E-state index contributed by atoms with van der Waals surface area (Å²) in [6.07, 6.45) is 0. The second-order valence-corrected chi connectivity index (χ2v) is 4.43. The van der Waals surface area contributed by atoms with Gasteiger partial charge in [-0.25, -0.2) is 0 Å². The number of ether oxygens (including phenoxy) is 2. The number of rotatable bonds is 3. The number of benzene rings is 1. The molecule has 0 aliphatic heterocycles. The van der Waals surface area contributed by atoms with E-state index < -0.39 is 0 Å². The van der Waals surface area contributed by atoms with Crippen molar-refractivity contribution in [3.63, 3.8) is 0 Å². The molecular weight excluding hydrogens is 349 g/mol. The summed E-state index contributed by atoms with van der Waals surface area (Å²) in [5.74, 6) is 1.36. The van der Waals surface area contributed by atoms with Crippen molar-refractivity contribution in [1.82, 2.24) is 9.97 Å². The van der Waals surface area contributed by atoms with Crippen LogP contribution in [0.25, 0.3) is 0 Å². The molecule has 0 aliphatic carbocycles. The number of anilines is 1. The Morgan fingerprint density at radius 3 is 2.83 bits per heavy atom. The molecule has 0 spiro atoms. The first-order chi connectivity index (χ1) is 8.60. The quantitative estimate of drug-likeness (QED) is 0.816. The number of methoxy groups -OCH3 is 1. The second kappa shape index (κ2) is 5.25. The fraction of sp³-hybridized carbons (Fsp3) is 0.0909. The molecule has 0 radical (unpaired) electrons. The lowest BCUT2D eigenvalue weighted by Crippen LogP contribution is -2.15. The van der Waals surface area contributed by atoms with Gasteiger partial charge in [-0.05, 0) is 34.7 Å². The molecule has 0 saturated heterocycles. The zero-order valence-electron chi connectivity index (χ0n) is 9.44. The third-order valence-corrected chi connectivity index (χ3v) is 3.06. The maximum Gasteiger partial charge on any atom is 0.269 e. The second-order valence-electron chi connectivity index (χ2n) is 3.35. The van der Waals surface area contributed by atoms with Crippen LogP contribution in [0.5, 0.6) is 17.4 Å². The number of hydrogen-bond donors (Lipinski definition) is 2. The van der Waals surface area contributed by atoms with E-state index in [9.17, 15) is 4.79 Å². The molecule has 1 aromatic heterocycles. The largest absolute Gasteiger partial charge is 0.497 e. The van der Waals surface area contributed by atoms with Crippen molar-refractivity contribution in [2.24, 2.45) is 0 Å². The number of aromatic amines is 1. The Morgan fingerprint density at radius 2 is 2.11 bits per heavy atom. The highest BCUT2D eigenvalue weighted by Crippen LogP contribution is 2.25. The Bertz CT molecular complexity index is 627. The van der Waals surface area contributed by atoms with Crippen LogP contribution in [0.2, 0.25) is 0 Å². The molecule has 18 heavy (non-hydrogen) atoms. The first kappa shape index (κ1) is 12.7. The van der Waals surface area contributed by atoms with Crippen molar-refractivity contribution in [3.8, 4) is 17.4 Å². The highest BCUT2D eigenvalue weighted by molar-refractivity contribution is 14.1. The van der Waals surface area contributed by atoms with Gasteiger partial charge in [-0.15, -0.1) is 0 Å². The molecule has 0 saturated carbocycles. The van der Waals surface area contributed by atoms with Gasteiger partial charge in [0, 0.05) is 6.07 Å². The summed E-state index contributed by atoms with van der Waals surface area (Å²) in [5, 5.41) is 0. The van der Waals surface area contributed by atoms with Gasteiger partial charge in [0.1, 0.15) is 15.1 Å². The van der Waals surface area contributed by atoms with Gasteiger partial charge in [0.2, 0.25) is 11.8 Å². The third-order valence-electron chi connectivity index (χ3n) is 2.11. The fourth-order valence-electron chi connectivity index (χ4n) is 1.30. The van der Waals surface area contributed by atoms with Gasteiger partial charge in [-0.1, -0.05) is 6.07 Å². The van der Waals surface area contributed by atoms with E-state index in [1.54, 1.807) is 31.4 Å². The van der Waals surface area contributed by atoms with Crippen molar-refractivity contribution in [3.05, 3.63) is 38.2 Å². The predicted molar refractivity (Wildman–Crippen MR) is 75.1 cm³/mol. The van der Waals surface area contributed by atoms with E-state index in [0.717, 1.165) is 0 Å². The highest BCUT2D eigenvalue weighted by Gasteiger charge is 2.10. The van der Waals surface area contributed by atoms with Gasteiger partial charge in [0.25, 0.3) is 5.56 Å². The topological polar surface area (TPSA) is 90.2 Å². The fourth-order valence-corrected chi connectivity index (χ4v) is 1.66. The SMILES string of the molecule is COc1cccc(Oc2nc(N)[nH]c(=O)c2I)c1. The van der Waals surface area contributed by atoms with Crippen LogP contribution in [-0.2, 0) is 0 Å². The molecule has 0 unspecified atom stereocenters. The van der Waals surface area contributed by atoms with Crippen molar-refractivity contribution < 1.29 is 9.47 Å². The van der Waals surface area contributed by atoms with E-state index in [1.165, 1.54) is 0 Å². The molecule has 7 heteroatoms. The smallest absolute Gasteiger partial charge is 0.269 e. The number of aromatic nitrogens is 2. The van der Waals surface area contributed by atoms with Crippen LogP contribution in [-0.4, -0.2) is 17.1 Å². The highest BCUT2D eigenvalue weighted by atomic mass is 127. The standard InChI is InChI=1S/C11H10IN3O3/c1-17-6-3-2-4-7(5-6)18-10-8(12)9(16)14-11(13)15-10/h2-5H,1H3,(H3,13,14,15,16). The Hall–Kier alpha value is -1.77. The van der Waals surface area contributed by atoms with Gasteiger partial charge < -0.3 is 15.2 Å². The molecule has 2 rings (SSSR count). The Labute approximate surface area is 116 Å². The zero-order chi connectivity index (χ0) is 13.1. The van der Waals surface area contributed by atoms with E-state index in [-0.39, 0.29) is 17.4 Å². The minimum atomic E-state index is -0.332. The molecule has 0 atom stereocenters. The summed E-state index contributed by atoms with van der Waals surface area (Å²) in [6.45, 7) is 0. The van der Waals surface area contributed by atoms with Crippen molar-refractivity contribution in [2.75, 3.05) is 12.8 Å². The molecule has 3 N–H and O–H groups in total. The van der Waals surface area contributed by atoms with Gasteiger partial charge >= 0.3 is 0 Å². The molecule has 0 bridgehead atoms. The van der Waals surface area contributed by atoms with Crippen molar-refractivity contribution in [2.45, 2.75) is 0 Å². The van der Waals surface area contributed by atoms with Crippen LogP contribution in [0.15, 0.2) is 29.1 Å². The normalized spacial score (nSPS) is 10.1. The molecule has 0 fully saturated rings. The Morgan fingerprint density at radius 1 is 1.39 bits per heavy atom. The predicted octanol–water partition coefficient (Wildman–Crippen LogP) is 1.76. The van der Waals surface area contributed by atoms with Crippen LogP contribution >= 0.6 is 22.6 Å². The summed E-state index contributed by atoms with van der Waals surface area (Å²) in [5.41, 5.74) is 5.13. The molecule has 0 aliphatic rings. The minimum absolute atomic E-state index is 0.0123. The third kappa shape index (κ3) is 2.73. The number of nitrogen functional groups attached to an aromatic ring is 1. The summed E-state index contributed by atoms with van der Waals surface area (Å²) in [4.78, 5) is 17.8. The number of nitrogens with zero attached hydrogens (tertiary/aromatic N) is 1. The van der Waals surface area contributed by atoms with Gasteiger partial charge in [0.15, 0.2) is 0 Å². The lowest BCUT2D eigenvalue weighted by molar-refractivity contribution is 0.407. The van der Waals surface area contributed by atoms with E-state index >= 15 is 0 Å². The van der Waals surface area contributed by atoms with Crippen molar-refractivity contribution in [1.29, 1.82) is 0 Å². The lowest BCUT2D eigenvalue weighted by atomic mass is 10.3. The molecular formula is C11H10IN3O3. The van der Waals surface area contributed by atoms with Crippen LogP contribution < -0.4 is 20.8 Å². The lowest BCUT2D eigenvalue weighted by Gasteiger charge is -2.07. The maximum absolute atomic E-state index is 11.5. The summed E-state index contributed by atoms with van der Waals surface area (Å²) in [6, 6.07) is 6.99. The van der Waals surface area contributed by atoms with Crippen LogP contribution in [0.3, 0.4) is 0 Å².